The van der Waals surface area contributed by atoms with E-state index < -0.39 is 0 Å². The maximum absolute atomic E-state index is 10.1. The fourth-order valence-electron chi connectivity index (χ4n) is 2.10. The number of aliphatic hydroxyl groups excluding tert-OH is 1. The first kappa shape index (κ1) is 16.2. The summed E-state index contributed by atoms with van der Waals surface area (Å²) in [4.78, 5) is 8.56. The first-order valence-corrected chi connectivity index (χ1v) is 7.43. The summed E-state index contributed by atoms with van der Waals surface area (Å²) in [6.45, 7) is 6.76. The first-order chi connectivity index (χ1) is 9.10. The van der Waals surface area contributed by atoms with Crippen molar-refractivity contribution in [2.24, 2.45) is 5.92 Å². The van der Waals surface area contributed by atoms with Crippen molar-refractivity contribution in [3.05, 3.63) is 17.0 Å². The van der Waals surface area contributed by atoms with Gasteiger partial charge in [0.1, 0.15) is 16.8 Å². The van der Waals surface area contributed by atoms with Crippen molar-refractivity contribution in [2.45, 2.75) is 52.6 Å². The topological polar surface area (TPSA) is 58.0 Å². The fourth-order valence-corrected chi connectivity index (χ4v) is 2.30. The second-order valence-electron chi connectivity index (χ2n) is 4.77. The number of aromatic nitrogens is 2. The van der Waals surface area contributed by atoms with E-state index in [2.05, 4.69) is 36.1 Å². The van der Waals surface area contributed by atoms with Crippen molar-refractivity contribution >= 4 is 17.4 Å². The van der Waals surface area contributed by atoms with E-state index >= 15 is 0 Å². The van der Waals surface area contributed by atoms with Gasteiger partial charge >= 0.3 is 0 Å². The smallest absolute Gasteiger partial charge is 0.134 e. The van der Waals surface area contributed by atoms with Crippen molar-refractivity contribution in [3.8, 4) is 0 Å². The SMILES string of the molecule is CCCc1nc(Cl)cc(NCC(O)C(CC)CC)n1. The number of nitrogens with zero attached hydrogens (tertiary/aromatic N) is 2. The molecule has 0 radical (unpaired) electrons. The van der Waals surface area contributed by atoms with Gasteiger partial charge in [0.05, 0.1) is 6.10 Å². The van der Waals surface area contributed by atoms with Crippen LogP contribution in [0.3, 0.4) is 0 Å². The molecule has 0 aliphatic rings. The summed E-state index contributed by atoms with van der Waals surface area (Å²) in [5.41, 5.74) is 0. The van der Waals surface area contributed by atoms with Gasteiger partial charge in [0.25, 0.3) is 0 Å². The molecule has 0 aliphatic carbocycles. The maximum atomic E-state index is 10.1. The van der Waals surface area contributed by atoms with Crippen molar-refractivity contribution in [2.75, 3.05) is 11.9 Å². The lowest BCUT2D eigenvalue weighted by Gasteiger charge is -2.20. The van der Waals surface area contributed by atoms with Gasteiger partial charge in [0.15, 0.2) is 0 Å². The zero-order valence-electron chi connectivity index (χ0n) is 12.0. The third kappa shape index (κ3) is 5.33. The molecule has 1 unspecified atom stereocenters. The Hall–Kier alpha value is -0.870. The number of nitrogens with one attached hydrogen (secondary N) is 1. The van der Waals surface area contributed by atoms with E-state index in [-0.39, 0.29) is 6.10 Å². The van der Waals surface area contributed by atoms with Crippen LogP contribution in [0, 0.1) is 5.92 Å². The van der Waals surface area contributed by atoms with Crippen molar-refractivity contribution in [1.82, 2.24) is 9.97 Å². The molecule has 1 aromatic rings. The van der Waals surface area contributed by atoms with Gasteiger partial charge in [-0.05, 0) is 12.3 Å². The second kappa shape index (κ2) is 8.33. The Balaban J connectivity index is 2.61. The molecular formula is C14H24ClN3O. The molecular weight excluding hydrogens is 262 g/mol. The summed E-state index contributed by atoms with van der Waals surface area (Å²) >= 11 is 5.96. The normalized spacial score (nSPS) is 12.7. The number of anilines is 1. The molecule has 0 saturated carbocycles. The molecule has 1 rings (SSSR count). The van der Waals surface area contributed by atoms with E-state index in [1.807, 2.05) is 0 Å². The Kier molecular flexibility index (Phi) is 7.10. The molecule has 5 heteroatoms. The van der Waals surface area contributed by atoms with E-state index in [9.17, 15) is 5.11 Å². The number of halogens is 1. The summed E-state index contributed by atoms with van der Waals surface area (Å²) in [7, 11) is 0. The predicted molar refractivity (Wildman–Crippen MR) is 79.6 cm³/mol. The van der Waals surface area contributed by atoms with E-state index in [4.69, 9.17) is 11.6 Å². The van der Waals surface area contributed by atoms with Crippen LogP contribution in [-0.2, 0) is 6.42 Å². The molecule has 0 bridgehead atoms. The van der Waals surface area contributed by atoms with Crippen LogP contribution in [0.4, 0.5) is 5.82 Å². The highest BCUT2D eigenvalue weighted by Gasteiger charge is 2.15. The molecule has 1 aromatic heterocycles. The van der Waals surface area contributed by atoms with E-state index in [0.717, 1.165) is 31.5 Å². The van der Waals surface area contributed by atoms with Gasteiger partial charge < -0.3 is 10.4 Å². The Morgan fingerprint density at radius 2 is 1.95 bits per heavy atom. The Morgan fingerprint density at radius 1 is 1.26 bits per heavy atom. The van der Waals surface area contributed by atoms with Gasteiger partial charge in [-0.25, -0.2) is 9.97 Å². The average molecular weight is 286 g/mol. The van der Waals surface area contributed by atoms with Crippen LogP contribution >= 0.6 is 11.6 Å². The largest absolute Gasteiger partial charge is 0.391 e. The van der Waals surface area contributed by atoms with Gasteiger partial charge in [-0.1, -0.05) is 45.2 Å². The van der Waals surface area contributed by atoms with Crippen LogP contribution < -0.4 is 5.32 Å². The Bertz CT molecular complexity index is 383. The molecule has 108 valence electrons. The number of hydrogen-bond acceptors (Lipinski definition) is 4. The second-order valence-corrected chi connectivity index (χ2v) is 5.15. The average Bonchev–Trinajstić information content (AvgIpc) is 2.37. The zero-order chi connectivity index (χ0) is 14.3. The standard InChI is InChI=1S/C14H24ClN3O/c1-4-7-13-17-12(15)8-14(18-13)16-9-11(19)10(5-2)6-3/h8,10-11,19H,4-7,9H2,1-3H3,(H,16,17,18). The van der Waals surface area contributed by atoms with Crippen molar-refractivity contribution in [3.63, 3.8) is 0 Å². The monoisotopic (exact) mass is 285 g/mol. The summed E-state index contributed by atoms with van der Waals surface area (Å²) in [5.74, 6) is 1.75. The van der Waals surface area contributed by atoms with Crippen LogP contribution in [0.2, 0.25) is 5.15 Å². The van der Waals surface area contributed by atoms with Crippen LogP contribution in [0.15, 0.2) is 6.07 Å². The third-order valence-electron chi connectivity index (χ3n) is 3.30. The highest BCUT2D eigenvalue weighted by molar-refractivity contribution is 6.29. The minimum Gasteiger partial charge on any atom is -0.391 e. The molecule has 0 aliphatic heterocycles. The quantitative estimate of drug-likeness (QED) is 0.720. The van der Waals surface area contributed by atoms with E-state index in [0.29, 0.717) is 23.4 Å². The van der Waals surface area contributed by atoms with Crippen LogP contribution in [0.1, 0.15) is 45.9 Å². The highest BCUT2D eigenvalue weighted by Crippen LogP contribution is 2.16. The summed E-state index contributed by atoms with van der Waals surface area (Å²) < 4.78 is 0. The molecule has 0 spiro atoms. The van der Waals surface area contributed by atoms with Crippen molar-refractivity contribution < 1.29 is 5.11 Å². The molecule has 19 heavy (non-hydrogen) atoms. The van der Waals surface area contributed by atoms with Gasteiger partial charge in [-0.15, -0.1) is 0 Å². The van der Waals surface area contributed by atoms with Crippen molar-refractivity contribution in [1.29, 1.82) is 0 Å². The lowest BCUT2D eigenvalue weighted by molar-refractivity contribution is 0.114. The number of rotatable bonds is 8. The number of hydrogen-bond donors (Lipinski definition) is 2. The molecule has 1 heterocycles. The van der Waals surface area contributed by atoms with Crippen LogP contribution in [0.5, 0.6) is 0 Å². The maximum Gasteiger partial charge on any atom is 0.134 e. The van der Waals surface area contributed by atoms with E-state index in [1.165, 1.54) is 0 Å². The fraction of sp³-hybridized carbons (Fsp3) is 0.714. The minimum atomic E-state index is -0.363. The number of aliphatic hydroxyl groups is 1. The summed E-state index contributed by atoms with van der Waals surface area (Å²) in [6.07, 6.45) is 3.38. The van der Waals surface area contributed by atoms with Crippen LogP contribution in [-0.4, -0.2) is 27.7 Å². The molecule has 2 N–H and O–H groups in total. The van der Waals surface area contributed by atoms with E-state index in [1.54, 1.807) is 6.07 Å². The van der Waals surface area contributed by atoms with Gasteiger partial charge in [0, 0.05) is 19.0 Å². The van der Waals surface area contributed by atoms with Gasteiger partial charge in [-0.3, -0.25) is 0 Å². The predicted octanol–water partition coefficient (Wildman–Crippen LogP) is 3.29. The Labute approximate surface area is 120 Å². The molecule has 1 atom stereocenters. The molecule has 0 saturated heterocycles. The molecule has 0 amide bonds. The highest BCUT2D eigenvalue weighted by atomic mass is 35.5. The van der Waals surface area contributed by atoms with Gasteiger partial charge in [-0.2, -0.15) is 0 Å². The molecule has 0 aromatic carbocycles. The van der Waals surface area contributed by atoms with Crippen LogP contribution in [0.25, 0.3) is 0 Å². The lowest BCUT2D eigenvalue weighted by atomic mass is 9.97. The molecule has 0 fully saturated rings. The summed E-state index contributed by atoms with van der Waals surface area (Å²) in [6, 6.07) is 1.69. The lowest BCUT2D eigenvalue weighted by Crippen LogP contribution is -2.28. The first-order valence-electron chi connectivity index (χ1n) is 7.06. The van der Waals surface area contributed by atoms with Gasteiger partial charge in [0.2, 0.25) is 0 Å². The molecule has 4 nitrogen and oxygen atoms in total. The third-order valence-corrected chi connectivity index (χ3v) is 3.49. The summed E-state index contributed by atoms with van der Waals surface area (Å²) in [5, 5.41) is 13.7. The Morgan fingerprint density at radius 3 is 2.53 bits per heavy atom. The minimum absolute atomic E-state index is 0.319. The zero-order valence-corrected chi connectivity index (χ0v) is 12.7. The number of aryl methyl sites for hydroxylation is 1.